The van der Waals surface area contributed by atoms with Gasteiger partial charge in [-0.05, 0) is 13.8 Å². The van der Waals surface area contributed by atoms with Crippen LogP contribution >= 0.6 is 11.6 Å². The van der Waals surface area contributed by atoms with Crippen LogP contribution in [0.15, 0.2) is 6.20 Å². The van der Waals surface area contributed by atoms with Crippen LogP contribution in [0.25, 0.3) is 0 Å². The van der Waals surface area contributed by atoms with Gasteiger partial charge in [-0.25, -0.2) is 4.39 Å². The summed E-state index contributed by atoms with van der Waals surface area (Å²) in [6.45, 7) is 3.38. The smallest absolute Gasteiger partial charge is 0.270 e. The summed E-state index contributed by atoms with van der Waals surface area (Å²) in [5, 5.41) is 9.98. The quantitative estimate of drug-likeness (QED) is 0.784. The highest BCUT2D eigenvalue weighted by molar-refractivity contribution is 6.29. The normalized spacial score (nSPS) is 13.7. The molecule has 0 aromatic carbocycles. The fraction of sp³-hybridized carbons (Fsp3) is 0.625. The van der Waals surface area contributed by atoms with Crippen LogP contribution in [-0.4, -0.2) is 26.5 Å². The van der Waals surface area contributed by atoms with Crippen molar-refractivity contribution in [1.82, 2.24) is 20.3 Å². The van der Waals surface area contributed by atoms with Crippen LogP contribution in [0.4, 0.5) is 4.39 Å². The van der Waals surface area contributed by atoms with Gasteiger partial charge in [0.15, 0.2) is 0 Å². The Morgan fingerprint density at radius 1 is 1.73 bits per heavy atom. The lowest BCUT2D eigenvalue weighted by molar-refractivity contribution is -0.125. The number of carbonyl (C=O) groups is 1. The Morgan fingerprint density at radius 2 is 2.33 bits per heavy atom. The Kier molecular flexibility index (Phi) is 3.28. The Hall–Kier alpha value is -1.17. The summed E-state index contributed by atoms with van der Waals surface area (Å²) < 4.78 is 14.0. The van der Waals surface area contributed by atoms with Gasteiger partial charge < -0.3 is 5.32 Å². The standard InChI is InChI=1S/C8H12ClFN4O/c1-8(2,11-7(15)6(9)10)5-4-14(3)13-12-5/h4,6H,1-3H3,(H,11,15). The van der Waals surface area contributed by atoms with Crippen LogP contribution in [0, 0.1) is 0 Å². The lowest BCUT2D eigenvalue weighted by Gasteiger charge is -2.23. The molecule has 0 saturated heterocycles. The molecule has 1 aromatic rings. The van der Waals surface area contributed by atoms with Gasteiger partial charge in [-0.1, -0.05) is 16.8 Å². The molecule has 0 radical (unpaired) electrons. The molecule has 1 N–H and O–H groups in total. The minimum Gasteiger partial charge on any atom is -0.342 e. The number of hydrogen-bond donors (Lipinski definition) is 1. The van der Waals surface area contributed by atoms with E-state index >= 15 is 0 Å². The van der Waals surface area contributed by atoms with Crippen molar-refractivity contribution in [3.05, 3.63) is 11.9 Å². The molecule has 0 fully saturated rings. The average Bonchev–Trinajstić information content (AvgIpc) is 2.51. The molecule has 1 rings (SSSR count). The van der Waals surface area contributed by atoms with Gasteiger partial charge in [-0.15, -0.1) is 5.10 Å². The fourth-order valence-electron chi connectivity index (χ4n) is 1.06. The first-order valence-electron chi connectivity index (χ1n) is 4.30. The molecule has 0 saturated carbocycles. The van der Waals surface area contributed by atoms with E-state index in [1.807, 2.05) is 0 Å². The predicted octanol–water partition coefficient (Wildman–Crippen LogP) is 0.701. The van der Waals surface area contributed by atoms with Gasteiger partial charge in [0, 0.05) is 7.05 Å². The van der Waals surface area contributed by atoms with Crippen molar-refractivity contribution in [2.45, 2.75) is 25.0 Å². The maximum absolute atomic E-state index is 12.5. The molecule has 1 unspecified atom stereocenters. The molecular formula is C8H12ClFN4O. The Morgan fingerprint density at radius 3 is 2.73 bits per heavy atom. The number of hydrogen-bond acceptors (Lipinski definition) is 3. The van der Waals surface area contributed by atoms with Gasteiger partial charge >= 0.3 is 0 Å². The van der Waals surface area contributed by atoms with Crippen molar-refractivity contribution in [3.63, 3.8) is 0 Å². The van der Waals surface area contributed by atoms with Crippen LogP contribution in [0.3, 0.4) is 0 Å². The van der Waals surface area contributed by atoms with E-state index in [4.69, 9.17) is 11.6 Å². The first kappa shape index (κ1) is 11.9. The second-order valence-corrected chi connectivity index (χ2v) is 4.08. The Labute approximate surface area is 91.6 Å². The van der Waals surface area contributed by atoms with Crippen LogP contribution in [0.1, 0.15) is 19.5 Å². The van der Waals surface area contributed by atoms with E-state index in [-0.39, 0.29) is 0 Å². The average molecular weight is 235 g/mol. The SMILES string of the molecule is Cn1cc(C(C)(C)NC(=O)C(F)Cl)nn1. The topological polar surface area (TPSA) is 59.8 Å². The van der Waals surface area contributed by atoms with Crippen molar-refractivity contribution < 1.29 is 9.18 Å². The zero-order chi connectivity index (χ0) is 11.6. The number of carbonyl (C=O) groups excluding carboxylic acids is 1. The molecule has 0 aliphatic heterocycles. The predicted molar refractivity (Wildman–Crippen MR) is 52.9 cm³/mol. The van der Waals surface area contributed by atoms with E-state index in [1.54, 1.807) is 27.1 Å². The summed E-state index contributed by atoms with van der Waals surface area (Å²) in [7, 11) is 1.70. The molecule has 15 heavy (non-hydrogen) atoms. The molecule has 0 bridgehead atoms. The van der Waals surface area contributed by atoms with E-state index in [0.29, 0.717) is 5.69 Å². The third-order valence-corrected chi connectivity index (χ3v) is 2.08. The molecule has 1 aromatic heterocycles. The van der Waals surface area contributed by atoms with Crippen LogP contribution in [0.5, 0.6) is 0 Å². The van der Waals surface area contributed by atoms with Gasteiger partial charge in [0.2, 0.25) is 0 Å². The third-order valence-electron chi connectivity index (χ3n) is 1.88. The highest BCUT2D eigenvalue weighted by Crippen LogP contribution is 2.17. The number of amides is 1. The van der Waals surface area contributed by atoms with Crippen LogP contribution in [0.2, 0.25) is 0 Å². The van der Waals surface area contributed by atoms with Crippen LogP contribution < -0.4 is 5.32 Å². The van der Waals surface area contributed by atoms with Gasteiger partial charge in [0.05, 0.1) is 11.7 Å². The number of halogens is 2. The van der Waals surface area contributed by atoms with E-state index in [0.717, 1.165) is 0 Å². The fourth-order valence-corrected chi connectivity index (χ4v) is 1.11. The molecule has 5 nitrogen and oxygen atoms in total. The first-order valence-corrected chi connectivity index (χ1v) is 4.73. The minimum atomic E-state index is -2.05. The molecule has 0 spiro atoms. The van der Waals surface area contributed by atoms with Crippen molar-refractivity contribution in [2.24, 2.45) is 7.05 Å². The van der Waals surface area contributed by atoms with Gasteiger partial charge in [-0.3, -0.25) is 9.48 Å². The number of nitrogens with one attached hydrogen (secondary N) is 1. The minimum absolute atomic E-state index is 0.538. The Balaban J connectivity index is 2.79. The summed E-state index contributed by atoms with van der Waals surface area (Å²) in [6, 6.07) is 0. The molecule has 1 heterocycles. The first-order chi connectivity index (χ1) is 6.83. The lowest BCUT2D eigenvalue weighted by atomic mass is 10.0. The largest absolute Gasteiger partial charge is 0.342 e. The maximum atomic E-state index is 12.5. The summed E-state index contributed by atoms with van der Waals surface area (Å²) >= 11 is 5.01. The summed E-state index contributed by atoms with van der Waals surface area (Å²) in [4.78, 5) is 11.1. The zero-order valence-electron chi connectivity index (χ0n) is 8.66. The lowest BCUT2D eigenvalue weighted by Crippen LogP contribution is -2.43. The molecular weight excluding hydrogens is 223 g/mol. The second-order valence-electron chi connectivity index (χ2n) is 3.69. The van der Waals surface area contributed by atoms with Crippen LogP contribution in [-0.2, 0) is 17.4 Å². The highest BCUT2D eigenvalue weighted by Gasteiger charge is 2.28. The molecule has 1 atom stereocenters. The molecule has 7 heteroatoms. The zero-order valence-corrected chi connectivity index (χ0v) is 9.42. The number of aryl methyl sites for hydroxylation is 1. The third kappa shape index (κ3) is 2.89. The van der Waals surface area contributed by atoms with Crippen molar-refractivity contribution in [3.8, 4) is 0 Å². The maximum Gasteiger partial charge on any atom is 0.270 e. The van der Waals surface area contributed by atoms with E-state index in [9.17, 15) is 9.18 Å². The van der Waals surface area contributed by atoms with E-state index in [1.165, 1.54) is 4.68 Å². The monoisotopic (exact) mass is 234 g/mol. The number of alkyl halides is 2. The number of rotatable bonds is 3. The summed E-state index contributed by atoms with van der Waals surface area (Å²) in [5.41, 5.74) is -2.32. The van der Waals surface area contributed by atoms with E-state index < -0.39 is 17.1 Å². The second kappa shape index (κ2) is 4.14. The van der Waals surface area contributed by atoms with E-state index in [2.05, 4.69) is 15.6 Å². The van der Waals surface area contributed by atoms with Gasteiger partial charge in [-0.2, -0.15) is 0 Å². The Bertz CT molecular complexity index is 363. The van der Waals surface area contributed by atoms with Crippen molar-refractivity contribution in [2.75, 3.05) is 0 Å². The summed E-state index contributed by atoms with van der Waals surface area (Å²) in [6.07, 6.45) is 1.64. The molecule has 84 valence electrons. The molecule has 1 amide bonds. The van der Waals surface area contributed by atoms with Gasteiger partial charge in [0.1, 0.15) is 5.69 Å². The summed E-state index contributed by atoms with van der Waals surface area (Å²) in [5.74, 6) is -0.882. The van der Waals surface area contributed by atoms with Crippen molar-refractivity contribution in [1.29, 1.82) is 0 Å². The molecule has 0 aliphatic carbocycles. The van der Waals surface area contributed by atoms with Gasteiger partial charge in [0.25, 0.3) is 11.5 Å². The molecule has 0 aliphatic rings. The number of aromatic nitrogens is 3. The van der Waals surface area contributed by atoms with Crippen molar-refractivity contribution >= 4 is 17.5 Å². The highest BCUT2D eigenvalue weighted by atomic mass is 35.5. The number of nitrogens with zero attached hydrogens (tertiary/aromatic N) is 3.